The minimum atomic E-state index is -0.888. The van der Waals surface area contributed by atoms with Gasteiger partial charge in [-0.3, -0.25) is 4.79 Å². The lowest BCUT2D eigenvalue weighted by molar-refractivity contribution is -0.124. The van der Waals surface area contributed by atoms with E-state index in [1.54, 1.807) is 18.2 Å². The van der Waals surface area contributed by atoms with Crippen molar-refractivity contribution < 1.29 is 14.3 Å². The van der Waals surface area contributed by atoms with Gasteiger partial charge in [0.25, 0.3) is 5.91 Å². The van der Waals surface area contributed by atoms with Crippen LogP contribution in [0.5, 0.6) is 0 Å². The van der Waals surface area contributed by atoms with Gasteiger partial charge in [-0.1, -0.05) is 43.3 Å². The van der Waals surface area contributed by atoms with Crippen molar-refractivity contribution in [2.24, 2.45) is 0 Å². The van der Waals surface area contributed by atoms with Crippen LogP contribution in [0.4, 0.5) is 5.69 Å². The molecule has 4 aromatic rings. The monoisotopic (exact) mass is 427 g/mol. The van der Waals surface area contributed by atoms with Gasteiger partial charge in [0.2, 0.25) is 0 Å². The maximum atomic E-state index is 12.8. The number of esters is 1. The molecule has 0 bridgehead atoms. The first kappa shape index (κ1) is 21.3. The molecule has 0 saturated heterocycles. The zero-order valence-electron chi connectivity index (χ0n) is 18.3. The molecule has 3 aromatic carbocycles. The van der Waals surface area contributed by atoms with Crippen LogP contribution in [0.3, 0.4) is 0 Å². The zero-order valence-corrected chi connectivity index (χ0v) is 18.3. The smallest absolute Gasteiger partial charge is 0.338 e. The van der Waals surface area contributed by atoms with Crippen LogP contribution < -0.4 is 5.32 Å². The van der Waals surface area contributed by atoms with Gasteiger partial charge in [0.15, 0.2) is 6.10 Å². The fourth-order valence-electron chi connectivity index (χ4n) is 3.66. The number of fused-ring (bicyclic) bond motifs is 1. The normalized spacial score (nSPS) is 11.8. The van der Waals surface area contributed by atoms with Gasteiger partial charge < -0.3 is 15.0 Å². The van der Waals surface area contributed by atoms with Crippen LogP contribution in [0.2, 0.25) is 0 Å². The maximum absolute atomic E-state index is 12.8. The van der Waals surface area contributed by atoms with Crippen LogP contribution in [-0.4, -0.2) is 27.9 Å². The number of carbonyl (C=O) groups is 2. The summed E-state index contributed by atoms with van der Waals surface area (Å²) in [6, 6.07) is 20.7. The number of H-pyrrole nitrogens is 1. The van der Waals surface area contributed by atoms with Gasteiger partial charge >= 0.3 is 5.97 Å². The largest absolute Gasteiger partial charge is 0.449 e. The Morgan fingerprint density at radius 2 is 1.72 bits per heavy atom. The van der Waals surface area contributed by atoms with E-state index in [0.717, 1.165) is 33.5 Å². The van der Waals surface area contributed by atoms with E-state index in [0.29, 0.717) is 17.7 Å². The molecule has 6 nitrogen and oxygen atoms in total. The van der Waals surface area contributed by atoms with Gasteiger partial charge in [0.1, 0.15) is 5.82 Å². The number of benzene rings is 3. The van der Waals surface area contributed by atoms with Crippen LogP contribution in [0.25, 0.3) is 22.4 Å². The number of nitrogens with zero attached hydrogens (tertiary/aromatic N) is 1. The highest BCUT2D eigenvalue weighted by Gasteiger charge is 2.22. The van der Waals surface area contributed by atoms with Crippen LogP contribution in [0, 0.1) is 13.8 Å². The molecule has 6 heteroatoms. The molecule has 0 aliphatic heterocycles. The Bertz CT molecular complexity index is 1260. The first-order valence-corrected chi connectivity index (χ1v) is 10.6. The Hall–Kier alpha value is -3.93. The number of aromatic amines is 1. The minimum absolute atomic E-state index is 0.347. The third kappa shape index (κ3) is 4.70. The first-order chi connectivity index (χ1) is 15.4. The summed E-state index contributed by atoms with van der Waals surface area (Å²) in [4.78, 5) is 33.3. The third-order valence-corrected chi connectivity index (χ3v) is 5.17. The maximum Gasteiger partial charge on any atom is 0.338 e. The highest BCUT2D eigenvalue weighted by Crippen LogP contribution is 2.22. The Labute approximate surface area is 186 Å². The molecule has 0 radical (unpaired) electrons. The van der Waals surface area contributed by atoms with Gasteiger partial charge in [0, 0.05) is 11.3 Å². The van der Waals surface area contributed by atoms with Gasteiger partial charge in [-0.2, -0.15) is 0 Å². The molecule has 1 amide bonds. The lowest BCUT2D eigenvalue weighted by Crippen LogP contribution is -2.32. The Morgan fingerprint density at radius 1 is 1.00 bits per heavy atom. The molecule has 0 fully saturated rings. The van der Waals surface area contributed by atoms with E-state index in [1.165, 1.54) is 0 Å². The highest BCUT2D eigenvalue weighted by atomic mass is 16.5. The summed E-state index contributed by atoms with van der Waals surface area (Å²) in [5, 5.41) is 2.85. The fourth-order valence-corrected chi connectivity index (χ4v) is 3.66. The van der Waals surface area contributed by atoms with Crippen molar-refractivity contribution in [2.75, 3.05) is 5.32 Å². The van der Waals surface area contributed by atoms with Crippen molar-refractivity contribution in [1.29, 1.82) is 0 Å². The molecule has 0 aliphatic rings. The molecule has 0 saturated carbocycles. The molecule has 2 N–H and O–H groups in total. The number of carbonyl (C=O) groups excluding carboxylic acids is 2. The summed E-state index contributed by atoms with van der Waals surface area (Å²) >= 11 is 0. The Morgan fingerprint density at radius 3 is 2.41 bits per heavy atom. The SMILES string of the molecule is CCC(OC(=O)c1ccc2nc(-c3ccccc3)[nH]c2c1)C(=O)Nc1cc(C)cc(C)c1. The van der Waals surface area contributed by atoms with E-state index < -0.39 is 12.1 Å². The molecule has 32 heavy (non-hydrogen) atoms. The molecule has 1 atom stereocenters. The summed E-state index contributed by atoms with van der Waals surface area (Å²) in [6.07, 6.45) is -0.520. The third-order valence-electron chi connectivity index (χ3n) is 5.17. The average Bonchev–Trinajstić information content (AvgIpc) is 3.20. The molecule has 1 heterocycles. The molecule has 0 aliphatic carbocycles. The number of aromatic nitrogens is 2. The van der Waals surface area contributed by atoms with Gasteiger partial charge in [-0.25, -0.2) is 9.78 Å². The van der Waals surface area contributed by atoms with E-state index in [-0.39, 0.29) is 5.91 Å². The average molecular weight is 428 g/mol. The summed E-state index contributed by atoms with van der Waals surface area (Å²) in [7, 11) is 0. The van der Waals surface area contributed by atoms with Gasteiger partial charge in [-0.05, 0) is 61.7 Å². The topological polar surface area (TPSA) is 84.1 Å². The van der Waals surface area contributed by atoms with E-state index in [9.17, 15) is 9.59 Å². The number of amides is 1. The molecular formula is C26H25N3O3. The van der Waals surface area contributed by atoms with Crippen molar-refractivity contribution in [3.8, 4) is 11.4 Å². The Kier molecular flexibility index (Phi) is 6.03. The quantitative estimate of drug-likeness (QED) is 0.402. The lowest BCUT2D eigenvalue weighted by atomic mass is 10.1. The van der Waals surface area contributed by atoms with Crippen molar-refractivity contribution in [2.45, 2.75) is 33.3 Å². The highest BCUT2D eigenvalue weighted by molar-refractivity contribution is 5.99. The Balaban J connectivity index is 1.49. The molecule has 1 aromatic heterocycles. The van der Waals surface area contributed by atoms with Crippen LogP contribution in [-0.2, 0) is 9.53 Å². The van der Waals surface area contributed by atoms with Crippen LogP contribution in [0.1, 0.15) is 34.8 Å². The molecule has 1 unspecified atom stereocenters. The van der Waals surface area contributed by atoms with Gasteiger partial charge in [0.05, 0.1) is 16.6 Å². The molecule has 0 spiro atoms. The van der Waals surface area contributed by atoms with Crippen molar-refractivity contribution in [3.05, 3.63) is 83.4 Å². The van der Waals surface area contributed by atoms with Crippen molar-refractivity contribution in [3.63, 3.8) is 0 Å². The number of rotatable bonds is 6. The number of imidazole rings is 1. The summed E-state index contributed by atoms with van der Waals surface area (Å²) < 4.78 is 5.54. The molecular weight excluding hydrogens is 402 g/mol. The number of anilines is 1. The number of ether oxygens (including phenoxy) is 1. The van der Waals surface area contributed by atoms with Gasteiger partial charge in [-0.15, -0.1) is 0 Å². The predicted molar refractivity (Wildman–Crippen MR) is 126 cm³/mol. The number of aryl methyl sites for hydroxylation is 2. The van der Waals surface area contributed by atoms with E-state index in [4.69, 9.17) is 4.74 Å². The van der Waals surface area contributed by atoms with Crippen molar-refractivity contribution >= 4 is 28.6 Å². The molecule has 4 rings (SSSR count). The summed E-state index contributed by atoms with van der Waals surface area (Å²) in [6.45, 7) is 5.74. The van der Waals surface area contributed by atoms with Crippen molar-refractivity contribution in [1.82, 2.24) is 9.97 Å². The zero-order chi connectivity index (χ0) is 22.7. The fraction of sp³-hybridized carbons (Fsp3) is 0.192. The predicted octanol–water partition coefficient (Wildman–Crippen LogP) is 5.42. The second kappa shape index (κ2) is 9.06. The number of nitrogens with one attached hydrogen (secondary N) is 2. The van der Waals surface area contributed by atoms with Crippen LogP contribution >= 0.6 is 0 Å². The van der Waals surface area contributed by atoms with E-state index >= 15 is 0 Å². The number of hydrogen-bond acceptors (Lipinski definition) is 4. The van der Waals surface area contributed by atoms with Crippen LogP contribution in [0.15, 0.2) is 66.7 Å². The van der Waals surface area contributed by atoms with E-state index in [2.05, 4.69) is 15.3 Å². The summed E-state index contributed by atoms with van der Waals surface area (Å²) in [5.41, 5.74) is 5.59. The minimum Gasteiger partial charge on any atom is -0.449 e. The standard InChI is InChI=1S/C26H25N3O3/c1-4-23(25(30)27-20-13-16(2)12-17(3)14-20)32-26(31)19-10-11-21-22(15-19)29-24(28-21)18-8-6-5-7-9-18/h5-15,23H,4H2,1-3H3,(H,27,30)(H,28,29). The summed E-state index contributed by atoms with van der Waals surface area (Å²) in [5.74, 6) is -0.171. The molecule has 162 valence electrons. The second-order valence-corrected chi connectivity index (χ2v) is 7.85. The number of hydrogen-bond donors (Lipinski definition) is 2. The first-order valence-electron chi connectivity index (χ1n) is 10.6. The van der Waals surface area contributed by atoms with E-state index in [1.807, 2.05) is 69.3 Å². The second-order valence-electron chi connectivity index (χ2n) is 7.85. The lowest BCUT2D eigenvalue weighted by Gasteiger charge is -2.16.